The van der Waals surface area contributed by atoms with E-state index in [2.05, 4.69) is 107 Å². The number of nitrogens with one attached hydrogen (secondary N) is 1. The SMILES string of the molecule is Cc1cccc(NC2=CC3C(C=C2c2ccccc2)C(C)(C)CCC3(C)C)c1. The van der Waals surface area contributed by atoms with Crippen molar-refractivity contribution in [1.29, 1.82) is 0 Å². The zero-order chi connectivity index (χ0) is 19.9. The van der Waals surface area contributed by atoms with Crippen LogP contribution >= 0.6 is 0 Å². The van der Waals surface area contributed by atoms with Gasteiger partial charge in [-0.2, -0.15) is 0 Å². The van der Waals surface area contributed by atoms with Crippen molar-refractivity contribution in [3.8, 4) is 0 Å². The Bertz CT molecular complexity index is 914. The van der Waals surface area contributed by atoms with E-state index in [-0.39, 0.29) is 0 Å². The molecule has 1 fully saturated rings. The molecule has 1 N–H and O–H groups in total. The molecule has 0 aromatic heterocycles. The molecule has 1 saturated carbocycles. The second-order valence-corrected chi connectivity index (χ2v) is 10.0. The summed E-state index contributed by atoms with van der Waals surface area (Å²) in [7, 11) is 0. The third-order valence-corrected chi connectivity index (χ3v) is 6.97. The number of rotatable bonds is 3. The Morgan fingerprint density at radius 1 is 0.786 bits per heavy atom. The van der Waals surface area contributed by atoms with Gasteiger partial charge in [-0.25, -0.2) is 0 Å². The van der Waals surface area contributed by atoms with Crippen LogP contribution in [-0.2, 0) is 0 Å². The largest absolute Gasteiger partial charge is 0.355 e. The molecule has 2 aliphatic rings. The molecule has 4 rings (SSSR count). The van der Waals surface area contributed by atoms with E-state index in [1.165, 1.54) is 40.9 Å². The molecule has 0 radical (unpaired) electrons. The van der Waals surface area contributed by atoms with E-state index in [0.717, 1.165) is 0 Å². The summed E-state index contributed by atoms with van der Waals surface area (Å²) >= 11 is 0. The number of anilines is 1. The first-order chi connectivity index (χ1) is 13.3. The molecule has 0 aliphatic heterocycles. The van der Waals surface area contributed by atoms with Crippen molar-refractivity contribution in [3.63, 3.8) is 0 Å². The molecule has 2 aromatic carbocycles. The predicted octanol–water partition coefficient (Wildman–Crippen LogP) is 7.47. The van der Waals surface area contributed by atoms with Gasteiger partial charge in [0.25, 0.3) is 0 Å². The van der Waals surface area contributed by atoms with Gasteiger partial charge >= 0.3 is 0 Å². The maximum Gasteiger partial charge on any atom is 0.0423 e. The zero-order valence-corrected chi connectivity index (χ0v) is 17.9. The topological polar surface area (TPSA) is 12.0 Å². The average molecular weight is 372 g/mol. The van der Waals surface area contributed by atoms with Crippen molar-refractivity contribution < 1.29 is 0 Å². The van der Waals surface area contributed by atoms with Gasteiger partial charge in [0, 0.05) is 17.0 Å². The van der Waals surface area contributed by atoms with E-state index in [1.807, 2.05) is 0 Å². The molecule has 146 valence electrons. The van der Waals surface area contributed by atoms with E-state index in [1.54, 1.807) is 0 Å². The summed E-state index contributed by atoms with van der Waals surface area (Å²) in [5.74, 6) is 1.12. The standard InChI is InChI=1S/C27H33N/c1-19-10-9-13-21(16-19)28-25-18-24-23(26(2,3)14-15-27(24,4)5)17-22(25)20-11-7-6-8-12-20/h6-13,16-18,23-24,28H,14-15H2,1-5H3. The lowest BCUT2D eigenvalue weighted by molar-refractivity contribution is 0.0333. The van der Waals surface area contributed by atoms with Crippen LogP contribution in [0, 0.1) is 29.6 Å². The Morgan fingerprint density at radius 3 is 2.07 bits per heavy atom. The first-order valence-corrected chi connectivity index (χ1v) is 10.6. The lowest BCUT2D eigenvalue weighted by Gasteiger charge is -2.52. The van der Waals surface area contributed by atoms with Crippen molar-refractivity contribution in [3.05, 3.63) is 83.6 Å². The van der Waals surface area contributed by atoms with Crippen LogP contribution in [0.5, 0.6) is 0 Å². The van der Waals surface area contributed by atoms with Crippen LogP contribution in [0.1, 0.15) is 51.7 Å². The Balaban J connectivity index is 1.81. The summed E-state index contributed by atoms with van der Waals surface area (Å²) in [6, 6.07) is 19.5. The average Bonchev–Trinajstić information content (AvgIpc) is 2.66. The van der Waals surface area contributed by atoms with Gasteiger partial charge in [-0.05, 0) is 65.7 Å². The highest BCUT2D eigenvalue weighted by molar-refractivity contribution is 5.84. The summed E-state index contributed by atoms with van der Waals surface area (Å²) in [5.41, 5.74) is 6.98. The molecule has 1 heteroatoms. The smallest absolute Gasteiger partial charge is 0.0423 e. The third-order valence-electron chi connectivity index (χ3n) is 6.97. The third kappa shape index (κ3) is 3.55. The maximum absolute atomic E-state index is 3.76. The van der Waals surface area contributed by atoms with Crippen LogP contribution in [0.4, 0.5) is 5.69 Å². The fraction of sp³-hybridized carbons (Fsp3) is 0.407. The normalized spacial score (nSPS) is 25.3. The highest BCUT2D eigenvalue weighted by Gasteiger charge is 2.47. The second kappa shape index (κ2) is 6.95. The lowest BCUT2D eigenvalue weighted by Crippen LogP contribution is -2.44. The van der Waals surface area contributed by atoms with Gasteiger partial charge in [0.15, 0.2) is 0 Å². The molecular formula is C27H33N. The van der Waals surface area contributed by atoms with E-state index in [4.69, 9.17) is 0 Å². The number of benzene rings is 2. The first-order valence-electron chi connectivity index (χ1n) is 10.6. The summed E-state index contributed by atoms with van der Waals surface area (Å²) in [5, 5.41) is 3.76. The minimum atomic E-state index is 0.318. The van der Waals surface area contributed by atoms with Crippen molar-refractivity contribution in [2.75, 3.05) is 5.32 Å². The second-order valence-electron chi connectivity index (χ2n) is 10.0. The molecule has 0 bridgehead atoms. The molecule has 0 heterocycles. The van der Waals surface area contributed by atoms with Gasteiger partial charge in [0.1, 0.15) is 0 Å². The summed E-state index contributed by atoms with van der Waals surface area (Å²) in [4.78, 5) is 0. The van der Waals surface area contributed by atoms with E-state index >= 15 is 0 Å². The van der Waals surface area contributed by atoms with Crippen LogP contribution in [-0.4, -0.2) is 0 Å². The van der Waals surface area contributed by atoms with Crippen LogP contribution in [0.15, 0.2) is 72.4 Å². The van der Waals surface area contributed by atoms with Gasteiger partial charge in [-0.15, -0.1) is 0 Å². The van der Waals surface area contributed by atoms with E-state index < -0.39 is 0 Å². The molecule has 0 spiro atoms. The van der Waals surface area contributed by atoms with Gasteiger partial charge in [0.2, 0.25) is 0 Å². The monoisotopic (exact) mass is 371 g/mol. The van der Waals surface area contributed by atoms with Gasteiger partial charge in [-0.3, -0.25) is 0 Å². The van der Waals surface area contributed by atoms with Crippen molar-refractivity contribution in [2.24, 2.45) is 22.7 Å². The molecule has 2 aromatic rings. The Kier molecular flexibility index (Phi) is 4.73. The quantitative estimate of drug-likeness (QED) is 0.590. The first kappa shape index (κ1) is 19.1. The number of fused-ring (bicyclic) bond motifs is 1. The Labute approximate surface area is 170 Å². The number of hydrogen-bond donors (Lipinski definition) is 1. The summed E-state index contributed by atoms with van der Waals surface area (Å²) in [6.07, 6.45) is 7.67. The highest BCUT2D eigenvalue weighted by atomic mass is 14.9. The van der Waals surface area contributed by atoms with Crippen LogP contribution in [0.25, 0.3) is 5.57 Å². The molecule has 2 unspecified atom stereocenters. The van der Waals surface area contributed by atoms with Crippen molar-refractivity contribution >= 4 is 11.3 Å². The van der Waals surface area contributed by atoms with E-state index in [0.29, 0.717) is 22.7 Å². The van der Waals surface area contributed by atoms with Gasteiger partial charge < -0.3 is 5.32 Å². The molecule has 2 aliphatic carbocycles. The van der Waals surface area contributed by atoms with Crippen molar-refractivity contribution in [1.82, 2.24) is 0 Å². The minimum absolute atomic E-state index is 0.318. The van der Waals surface area contributed by atoms with Crippen LogP contribution in [0.3, 0.4) is 0 Å². The molecule has 28 heavy (non-hydrogen) atoms. The van der Waals surface area contributed by atoms with E-state index in [9.17, 15) is 0 Å². The van der Waals surface area contributed by atoms with Gasteiger partial charge in [0.05, 0.1) is 0 Å². The maximum atomic E-state index is 3.76. The molecular weight excluding hydrogens is 338 g/mol. The molecule has 0 saturated heterocycles. The molecule has 1 nitrogen and oxygen atoms in total. The highest BCUT2D eigenvalue weighted by Crippen LogP contribution is 2.56. The molecule has 0 amide bonds. The number of aryl methyl sites for hydroxylation is 1. The Hall–Kier alpha value is -2.28. The summed E-state index contributed by atoms with van der Waals surface area (Å²) in [6.45, 7) is 11.9. The van der Waals surface area contributed by atoms with Crippen LogP contribution < -0.4 is 5.32 Å². The minimum Gasteiger partial charge on any atom is -0.355 e. The fourth-order valence-corrected chi connectivity index (χ4v) is 5.00. The number of allylic oxidation sites excluding steroid dienone is 3. The lowest BCUT2D eigenvalue weighted by atomic mass is 9.53. The fourth-order valence-electron chi connectivity index (χ4n) is 5.00. The van der Waals surface area contributed by atoms with Gasteiger partial charge in [-0.1, -0.05) is 82.3 Å². The molecule has 2 atom stereocenters. The van der Waals surface area contributed by atoms with Crippen molar-refractivity contribution in [2.45, 2.75) is 47.5 Å². The number of hydrogen-bond acceptors (Lipinski definition) is 1. The summed E-state index contributed by atoms with van der Waals surface area (Å²) < 4.78 is 0. The Morgan fingerprint density at radius 2 is 1.43 bits per heavy atom. The zero-order valence-electron chi connectivity index (χ0n) is 17.9. The van der Waals surface area contributed by atoms with Crippen LogP contribution in [0.2, 0.25) is 0 Å². The predicted molar refractivity (Wildman–Crippen MR) is 121 cm³/mol.